The molecule has 0 aromatic heterocycles. The van der Waals surface area contributed by atoms with Gasteiger partial charge in [-0.25, -0.2) is 0 Å². The average Bonchev–Trinajstić information content (AvgIpc) is 2.19. The van der Waals surface area contributed by atoms with Gasteiger partial charge in [-0.15, -0.1) is 0 Å². The van der Waals surface area contributed by atoms with Gasteiger partial charge in [0.05, 0.1) is 6.10 Å². The standard InChI is InChI=1S/C10H20N2O3/c1-10(2)7(4-8(10)13)12-9(14)6(5-11)15-3/h6-8,13H,4-5,11H2,1-3H3,(H,12,14). The van der Waals surface area contributed by atoms with E-state index in [1.165, 1.54) is 7.11 Å². The number of ether oxygens (including phenoxy) is 1. The highest BCUT2D eigenvalue weighted by Gasteiger charge is 2.48. The Hall–Kier alpha value is -0.650. The van der Waals surface area contributed by atoms with Crippen molar-refractivity contribution < 1.29 is 14.6 Å². The Balaban J connectivity index is 2.46. The number of carbonyl (C=O) groups excluding carboxylic acids is 1. The van der Waals surface area contributed by atoms with E-state index in [-0.39, 0.29) is 30.0 Å². The van der Waals surface area contributed by atoms with Gasteiger partial charge >= 0.3 is 0 Å². The number of hydrogen-bond acceptors (Lipinski definition) is 4. The lowest BCUT2D eigenvalue weighted by Crippen LogP contribution is -2.62. The van der Waals surface area contributed by atoms with E-state index in [0.717, 1.165) is 0 Å². The van der Waals surface area contributed by atoms with Crippen molar-refractivity contribution in [3.05, 3.63) is 0 Å². The van der Waals surface area contributed by atoms with E-state index in [2.05, 4.69) is 5.32 Å². The average molecular weight is 216 g/mol. The van der Waals surface area contributed by atoms with Crippen LogP contribution in [0.25, 0.3) is 0 Å². The lowest BCUT2D eigenvalue weighted by Gasteiger charge is -2.49. The molecule has 88 valence electrons. The van der Waals surface area contributed by atoms with Gasteiger partial charge in [-0.2, -0.15) is 0 Å². The van der Waals surface area contributed by atoms with E-state index < -0.39 is 6.10 Å². The van der Waals surface area contributed by atoms with E-state index in [4.69, 9.17) is 10.5 Å². The molecule has 5 nitrogen and oxygen atoms in total. The topological polar surface area (TPSA) is 84.6 Å². The fourth-order valence-electron chi connectivity index (χ4n) is 1.72. The Bertz CT molecular complexity index is 239. The van der Waals surface area contributed by atoms with Gasteiger partial charge in [0.1, 0.15) is 6.10 Å². The first-order valence-corrected chi connectivity index (χ1v) is 5.14. The van der Waals surface area contributed by atoms with Crippen molar-refractivity contribution >= 4 is 5.91 Å². The quantitative estimate of drug-likeness (QED) is 0.576. The number of hydrogen-bond donors (Lipinski definition) is 3. The van der Waals surface area contributed by atoms with Gasteiger partial charge < -0.3 is 20.9 Å². The van der Waals surface area contributed by atoms with Gasteiger partial charge in [-0.3, -0.25) is 4.79 Å². The molecule has 5 heteroatoms. The van der Waals surface area contributed by atoms with Gasteiger partial charge in [0.15, 0.2) is 0 Å². The van der Waals surface area contributed by atoms with Crippen molar-refractivity contribution in [2.45, 2.75) is 38.5 Å². The second kappa shape index (κ2) is 4.47. The molecular weight excluding hydrogens is 196 g/mol. The highest BCUT2D eigenvalue weighted by molar-refractivity contribution is 5.81. The summed E-state index contributed by atoms with van der Waals surface area (Å²) in [5.74, 6) is -0.204. The zero-order valence-electron chi connectivity index (χ0n) is 9.49. The number of carbonyl (C=O) groups is 1. The first-order valence-electron chi connectivity index (χ1n) is 5.14. The molecule has 0 heterocycles. The summed E-state index contributed by atoms with van der Waals surface area (Å²) in [6.07, 6.45) is -0.347. The largest absolute Gasteiger partial charge is 0.392 e. The van der Waals surface area contributed by atoms with Crippen LogP contribution < -0.4 is 11.1 Å². The molecular formula is C10H20N2O3. The predicted octanol–water partition coefficient (Wildman–Crippen LogP) is -0.764. The molecule has 3 unspecified atom stereocenters. The predicted molar refractivity (Wildman–Crippen MR) is 56.2 cm³/mol. The summed E-state index contributed by atoms with van der Waals surface area (Å²) < 4.78 is 4.93. The summed E-state index contributed by atoms with van der Waals surface area (Å²) in [4.78, 5) is 11.6. The Morgan fingerprint density at radius 3 is 2.67 bits per heavy atom. The van der Waals surface area contributed by atoms with Gasteiger partial charge in [0.2, 0.25) is 0 Å². The number of aliphatic hydroxyl groups excluding tert-OH is 1. The fourth-order valence-corrected chi connectivity index (χ4v) is 1.72. The summed E-state index contributed by atoms with van der Waals surface area (Å²) in [5, 5.41) is 12.3. The summed E-state index contributed by atoms with van der Waals surface area (Å²) >= 11 is 0. The van der Waals surface area contributed by atoms with Crippen LogP contribution in [0.4, 0.5) is 0 Å². The minimum atomic E-state index is -0.599. The first-order chi connectivity index (χ1) is 6.93. The van der Waals surface area contributed by atoms with Crippen molar-refractivity contribution in [2.75, 3.05) is 13.7 Å². The Kier molecular flexibility index (Phi) is 3.70. The molecule has 1 rings (SSSR count). The highest BCUT2D eigenvalue weighted by Crippen LogP contribution is 2.40. The lowest BCUT2D eigenvalue weighted by atomic mass is 9.64. The zero-order valence-corrected chi connectivity index (χ0v) is 9.49. The van der Waals surface area contributed by atoms with Crippen molar-refractivity contribution in [1.29, 1.82) is 0 Å². The number of methoxy groups -OCH3 is 1. The highest BCUT2D eigenvalue weighted by atomic mass is 16.5. The normalized spacial score (nSPS) is 30.5. The second-order valence-electron chi connectivity index (χ2n) is 4.59. The third kappa shape index (κ3) is 2.30. The number of rotatable bonds is 4. The summed E-state index contributed by atoms with van der Waals surface area (Å²) in [6, 6.07) is 0.00389. The minimum Gasteiger partial charge on any atom is -0.392 e. The van der Waals surface area contributed by atoms with Gasteiger partial charge in [-0.05, 0) is 6.42 Å². The van der Waals surface area contributed by atoms with Crippen LogP contribution in [0, 0.1) is 5.41 Å². The maximum Gasteiger partial charge on any atom is 0.250 e. The van der Waals surface area contributed by atoms with Crippen molar-refractivity contribution in [1.82, 2.24) is 5.32 Å². The van der Waals surface area contributed by atoms with Crippen LogP contribution in [0.3, 0.4) is 0 Å². The second-order valence-corrected chi connectivity index (χ2v) is 4.59. The minimum absolute atomic E-state index is 0.00389. The van der Waals surface area contributed by atoms with Crippen molar-refractivity contribution in [3.63, 3.8) is 0 Å². The fraction of sp³-hybridized carbons (Fsp3) is 0.900. The van der Waals surface area contributed by atoms with Crippen molar-refractivity contribution in [3.8, 4) is 0 Å². The van der Waals surface area contributed by atoms with Crippen LogP contribution in [-0.4, -0.2) is 42.9 Å². The van der Waals surface area contributed by atoms with Crippen LogP contribution in [0.2, 0.25) is 0 Å². The summed E-state index contributed by atoms with van der Waals surface area (Å²) in [5.41, 5.74) is 5.12. The van der Waals surface area contributed by atoms with Gasteiger partial charge in [0, 0.05) is 25.1 Å². The van der Waals surface area contributed by atoms with E-state index in [1.807, 2.05) is 13.8 Å². The maximum absolute atomic E-state index is 11.6. The Morgan fingerprint density at radius 1 is 1.73 bits per heavy atom. The van der Waals surface area contributed by atoms with E-state index in [0.29, 0.717) is 6.42 Å². The van der Waals surface area contributed by atoms with Crippen LogP contribution >= 0.6 is 0 Å². The monoisotopic (exact) mass is 216 g/mol. The molecule has 0 aliphatic heterocycles. The van der Waals surface area contributed by atoms with Gasteiger partial charge in [-0.1, -0.05) is 13.8 Å². The van der Waals surface area contributed by atoms with Crippen LogP contribution in [-0.2, 0) is 9.53 Å². The molecule has 15 heavy (non-hydrogen) atoms. The molecule has 1 aliphatic carbocycles. The smallest absolute Gasteiger partial charge is 0.250 e. The molecule has 4 N–H and O–H groups in total. The molecule has 0 aromatic carbocycles. The molecule has 0 radical (unpaired) electrons. The number of nitrogens with two attached hydrogens (primary N) is 1. The van der Waals surface area contributed by atoms with Crippen LogP contribution in [0.5, 0.6) is 0 Å². The van der Waals surface area contributed by atoms with E-state index >= 15 is 0 Å². The molecule has 0 bridgehead atoms. The molecule has 0 saturated heterocycles. The van der Waals surface area contributed by atoms with Crippen LogP contribution in [0.1, 0.15) is 20.3 Å². The maximum atomic E-state index is 11.6. The molecule has 1 aliphatic rings. The molecule has 0 spiro atoms. The van der Waals surface area contributed by atoms with E-state index in [9.17, 15) is 9.90 Å². The van der Waals surface area contributed by atoms with Gasteiger partial charge in [0.25, 0.3) is 5.91 Å². The summed E-state index contributed by atoms with van der Waals surface area (Å²) in [7, 11) is 1.46. The van der Waals surface area contributed by atoms with E-state index in [1.54, 1.807) is 0 Å². The van der Waals surface area contributed by atoms with Crippen LogP contribution in [0.15, 0.2) is 0 Å². The third-order valence-corrected chi connectivity index (χ3v) is 3.32. The molecule has 1 amide bonds. The molecule has 1 fully saturated rings. The summed E-state index contributed by atoms with van der Waals surface area (Å²) in [6.45, 7) is 4.02. The molecule has 3 atom stereocenters. The number of nitrogens with one attached hydrogen (secondary N) is 1. The molecule has 1 saturated carbocycles. The first kappa shape index (κ1) is 12.4. The Labute approximate surface area is 90.0 Å². The van der Waals surface area contributed by atoms with Crippen molar-refractivity contribution in [2.24, 2.45) is 11.1 Å². The zero-order chi connectivity index (χ0) is 11.6. The number of aliphatic hydroxyl groups is 1. The SMILES string of the molecule is COC(CN)C(=O)NC1CC(O)C1(C)C. The lowest BCUT2D eigenvalue weighted by molar-refractivity contribution is -0.138. The number of amides is 1. The Morgan fingerprint density at radius 2 is 2.33 bits per heavy atom. The molecule has 0 aromatic rings. The third-order valence-electron chi connectivity index (χ3n) is 3.32.